The van der Waals surface area contributed by atoms with Crippen LogP contribution in [0.2, 0.25) is 5.02 Å². The predicted molar refractivity (Wildman–Crippen MR) is 93.5 cm³/mol. The first-order valence-corrected chi connectivity index (χ1v) is 8.12. The molecule has 1 aromatic carbocycles. The summed E-state index contributed by atoms with van der Waals surface area (Å²) in [5, 5.41) is 19.5. The first-order chi connectivity index (χ1) is 10.9. The van der Waals surface area contributed by atoms with Crippen LogP contribution >= 0.6 is 27.5 Å². The fourth-order valence-electron chi connectivity index (χ4n) is 2.42. The van der Waals surface area contributed by atoms with Crippen LogP contribution in [0.3, 0.4) is 0 Å². The molecule has 2 heterocycles. The standard InChI is InChI=1S/C15H15BrClN5O/c1-15(23,9-5-3-4-6-10(9)17)7-18-13-11-12(16)21-22(2)14(11)20-8-19-13/h3-6,8,23H,7H2,1-2H3,(H,18,19,20). The molecule has 0 radical (unpaired) electrons. The molecular weight excluding hydrogens is 382 g/mol. The molecule has 0 aliphatic carbocycles. The second-order valence-electron chi connectivity index (χ2n) is 5.44. The SMILES string of the molecule is Cn1nc(Br)c2c(NCC(C)(O)c3ccccc3Cl)ncnc21. The van der Waals surface area contributed by atoms with Crippen LogP contribution in [0.25, 0.3) is 11.0 Å². The van der Waals surface area contributed by atoms with Crippen LogP contribution in [-0.2, 0) is 12.6 Å². The van der Waals surface area contributed by atoms with Crippen molar-refractivity contribution in [2.24, 2.45) is 7.05 Å². The summed E-state index contributed by atoms with van der Waals surface area (Å²) in [7, 11) is 1.81. The van der Waals surface area contributed by atoms with Crippen LogP contribution in [0.15, 0.2) is 35.2 Å². The Labute approximate surface area is 146 Å². The average Bonchev–Trinajstić information content (AvgIpc) is 2.81. The molecule has 23 heavy (non-hydrogen) atoms. The van der Waals surface area contributed by atoms with E-state index >= 15 is 0 Å². The summed E-state index contributed by atoms with van der Waals surface area (Å²) >= 11 is 9.59. The zero-order valence-electron chi connectivity index (χ0n) is 12.6. The monoisotopic (exact) mass is 395 g/mol. The van der Waals surface area contributed by atoms with E-state index in [0.717, 1.165) is 5.39 Å². The lowest BCUT2D eigenvalue weighted by molar-refractivity contribution is 0.0716. The van der Waals surface area contributed by atoms with Crippen molar-refractivity contribution in [3.05, 3.63) is 45.8 Å². The van der Waals surface area contributed by atoms with Crippen LogP contribution in [0, 0.1) is 0 Å². The second kappa shape index (κ2) is 6.07. The maximum absolute atomic E-state index is 10.8. The third-order valence-corrected chi connectivity index (χ3v) is 4.52. The largest absolute Gasteiger partial charge is 0.384 e. The van der Waals surface area contributed by atoms with Crippen molar-refractivity contribution in [1.82, 2.24) is 19.7 Å². The van der Waals surface area contributed by atoms with Crippen LogP contribution < -0.4 is 5.32 Å². The lowest BCUT2D eigenvalue weighted by Crippen LogP contribution is -2.31. The van der Waals surface area contributed by atoms with Crippen molar-refractivity contribution in [2.45, 2.75) is 12.5 Å². The van der Waals surface area contributed by atoms with Crippen LogP contribution in [-0.4, -0.2) is 31.4 Å². The summed E-state index contributed by atoms with van der Waals surface area (Å²) in [6.45, 7) is 1.95. The normalized spacial score (nSPS) is 14.0. The lowest BCUT2D eigenvalue weighted by atomic mass is 9.96. The second-order valence-corrected chi connectivity index (χ2v) is 6.60. The molecule has 3 aromatic rings. The first kappa shape index (κ1) is 16.2. The molecule has 8 heteroatoms. The van der Waals surface area contributed by atoms with Gasteiger partial charge in [-0.25, -0.2) is 14.6 Å². The molecule has 3 rings (SSSR count). The number of aromatic nitrogens is 4. The van der Waals surface area contributed by atoms with E-state index in [0.29, 0.717) is 26.7 Å². The quantitative estimate of drug-likeness (QED) is 0.709. The number of benzene rings is 1. The molecule has 0 saturated heterocycles. The number of aryl methyl sites for hydroxylation is 1. The highest BCUT2D eigenvalue weighted by molar-refractivity contribution is 9.10. The van der Waals surface area contributed by atoms with Crippen molar-refractivity contribution in [1.29, 1.82) is 0 Å². The first-order valence-electron chi connectivity index (χ1n) is 6.94. The van der Waals surface area contributed by atoms with E-state index in [4.69, 9.17) is 11.6 Å². The fourth-order valence-corrected chi connectivity index (χ4v) is 3.37. The molecule has 1 atom stereocenters. The molecule has 0 aliphatic heterocycles. The molecule has 0 aliphatic rings. The lowest BCUT2D eigenvalue weighted by Gasteiger charge is -2.25. The number of aliphatic hydroxyl groups is 1. The summed E-state index contributed by atoms with van der Waals surface area (Å²) in [5.74, 6) is 0.599. The Hall–Kier alpha value is -1.70. The molecule has 0 fully saturated rings. The van der Waals surface area contributed by atoms with Gasteiger partial charge in [-0.1, -0.05) is 29.8 Å². The number of anilines is 1. The molecule has 0 spiro atoms. The Morgan fingerprint density at radius 1 is 1.35 bits per heavy atom. The number of nitrogens with one attached hydrogen (secondary N) is 1. The summed E-state index contributed by atoms with van der Waals surface area (Å²) in [5.41, 5.74) is 0.209. The topological polar surface area (TPSA) is 75.9 Å². The van der Waals surface area contributed by atoms with Gasteiger partial charge in [0.05, 0.1) is 5.39 Å². The molecule has 0 bridgehead atoms. The zero-order valence-corrected chi connectivity index (χ0v) is 14.9. The number of hydrogen-bond acceptors (Lipinski definition) is 5. The van der Waals surface area contributed by atoms with E-state index in [9.17, 15) is 5.11 Å². The Morgan fingerprint density at radius 3 is 2.83 bits per heavy atom. The van der Waals surface area contributed by atoms with E-state index in [1.54, 1.807) is 23.7 Å². The molecule has 2 N–H and O–H groups in total. The van der Waals surface area contributed by atoms with Gasteiger partial charge in [0.2, 0.25) is 0 Å². The van der Waals surface area contributed by atoms with E-state index in [-0.39, 0.29) is 6.54 Å². The van der Waals surface area contributed by atoms with Crippen molar-refractivity contribution in [3.63, 3.8) is 0 Å². The number of rotatable bonds is 4. The zero-order chi connectivity index (χ0) is 16.6. The van der Waals surface area contributed by atoms with Crippen molar-refractivity contribution in [2.75, 3.05) is 11.9 Å². The van der Waals surface area contributed by atoms with Gasteiger partial charge in [-0.2, -0.15) is 5.10 Å². The van der Waals surface area contributed by atoms with Gasteiger partial charge in [0.1, 0.15) is 22.3 Å². The molecule has 0 amide bonds. The van der Waals surface area contributed by atoms with Gasteiger partial charge in [-0.15, -0.1) is 0 Å². The van der Waals surface area contributed by atoms with E-state index in [1.807, 2.05) is 19.2 Å². The van der Waals surface area contributed by atoms with Gasteiger partial charge in [0.25, 0.3) is 0 Å². The fraction of sp³-hybridized carbons (Fsp3) is 0.267. The van der Waals surface area contributed by atoms with Crippen LogP contribution in [0.1, 0.15) is 12.5 Å². The Kier molecular flexibility index (Phi) is 4.27. The minimum atomic E-state index is -1.15. The number of hydrogen-bond donors (Lipinski definition) is 2. The molecule has 0 saturated carbocycles. The van der Waals surface area contributed by atoms with Crippen LogP contribution in [0.4, 0.5) is 5.82 Å². The Bertz CT molecular complexity index is 864. The van der Waals surface area contributed by atoms with E-state index in [1.165, 1.54) is 6.33 Å². The number of nitrogens with zero attached hydrogens (tertiary/aromatic N) is 4. The Morgan fingerprint density at radius 2 is 2.09 bits per heavy atom. The minimum absolute atomic E-state index is 0.240. The van der Waals surface area contributed by atoms with Crippen molar-refractivity contribution < 1.29 is 5.11 Å². The highest BCUT2D eigenvalue weighted by atomic mass is 79.9. The summed E-state index contributed by atoms with van der Waals surface area (Å²) in [6, 6.07) is 7.23. The van der Waals surface area contributed by atoms with E-state index < -0.39 is 5.60 Å². The summed E-state index contributed by atoms with van der Waals surface area (Å²) in [4.78, 5) is 8.47. The van der Waals surface area contributed by atoms with E-state index in [2.05, 4.69) is 36.3 Å². The predicted octanol–water partition coefficient (Wildman–Crippen LogP) is 3.10. The van der Waals surface area contributed by atoms with Crippen molar-refractivity contribution in [3.8, 4) is 0 Å². The molecule has 120 valence electrons. The van der Waals surface area contributed by atoms with Gasteiger partial charge in [0.15, 0.2) is 5.65 Å². The summed E-state index contributed by atoms with van der Waals surface area (Å²) < 4.78 is 2.31. The average molecular weight is 397 g/mol. The molecular formula is C15H15BrClN5O. The van der Waals surface area contributed by atoms with Gasteiger partial charge < -0.3 is 10.4 Å². The molecule has 6 nitrogen and oxygen atoms in total. The minimum Gasteiger partial charge on any atom is -0.384 e. The van der Waals surface area contributed by atoms with Crippen molar-refractivity contribution >= 4 is 44.4 Å². The highest BCUT2D eigenvalue weighted by Crippen LogP contribution is 2.30. The highest BCUT2D eigenvalue weighted by Gasteiger charge is 2.26. The van der Waals surface area contributed by atoms with Gasteiger partial charge in [0, 0.05) is 24.2 Å². The third-order valence-electron chi connectivity index (χ3n) is 3.63. The molecule has 1 unspecified atom stereocenters. The molecule has 2 aromatic heterocycles. The van der Waals surface area contributed by atoms with Gasteiger partial charge >= 0.3 is 0 Å². The number of fused-ring (bicyclic) bond motifs is 1. The van der Waals surface area contributed by atoms with Gasteiger partial charge in [-0.05, 0) is 28.9 Å². The Balaban J connectivity index is 1.90. The third kappa shape index (κ3) is 3.04. The smallest absolute Gasteiger partial charge is 0.164 e. The van der Waals surface area contributed by atoms with Gasteiger partial charge in [-0.3, -0.25) is 0 Å². The summed E-state index contributed by atoms with van der Waals surface area (Å²) in [6.07, 6.45) is 1.46. The maximum atomic E-state index is 10.8. The number of halogens is 2. The van der Waals surface area contributed by atoms with Crippen LogP contribution in [0.5, 0.6) is 0 Å². The maximum Gasteiger partial charge on any atom is 0.164 e.